The van der Waals surface area contributed by atoms with E-state index in [4.69, 9.17) is 5.26 Å². The van der Waals surface area contributed by atoms with Gasteiger partial charge in [-0.1, -0.05) is 6.42 Å². The van der Waals surface area contributed by atoms with Crippen LogP contribution in [0.1, 0.15) is 40.0 Å². The molecule has 0 radical (unpaired) electrons. The van der Waals surface area contributed by atoms with Crippen molar-refractivity contribution in [2.45, 2.75) is 52.6 Å². The maximum absolute atomic E-state index is 8.91. The normalized spacial score (nSPS) is 13.2. The molecule has 0 aliphatic carbocycles. The van der Waals surface area contributed by atoms with E-state index < -0.39 is 0 Å². The number of nitrogens with one attached hydrogen (secondary N) is 1. The van der Waals surface area contributed by atoms with Crippen LogP contribution in [0.4, 0.5) is 0 Å². The lowest BCUT2D eigenvalue weighted by atomic mass is 9.89. The minimum atomic E-state index is -0.178. The van der Waals surface area contributed by atoms with Crippen LogP contribution >= 0.6 is 0 Å². The van der Waals surface area contributed by atoms with E-state index in [0.29, 0.717) is 6.04 Å². The van der Waals surface area contributed by atoms with Crippen molar-refractivity contribution in [1.82, 2.24) is 14.9 Å². The summed E-state index contributed by atoms with van der Waals surface area (Å²) in [5, 5.41) is 12.4. The highest BCUT2D eigenvalue weighted by Crippen LogP contribution is 2.21. The van der Waals surface area contributed by atoms with Gasteiger partial charge in [0.1, 0.15) is 0 Å². The quantitative estimate of drug-likeness (QED) is 0.719. The fourth-order valence-electron chi connectivity index (χ4n) is 1.87. The van der Waals surface area contributed by atoms with E-state index in [1.807, 2.05) is 26.4 Å². The van der Waals surface area contributed by atoms with Crippen LogP contribution < -0.4 is 5.32 Å². The van der Waals surface area contributed by atoms with Crippen LogP contribution in [-0.4, -0.2) is 22.1 Å². The first-order chi connectivity index (χ1) is 8.53. The zero-order valence-electron chi connectivity index (χ0n) is 11.7. The Morgan fingerprint density at radius 1 is 1.44 bits per heavy atom. The van der Waals surface area contributed by atoms with Crippen molar-refractivity contribution in [2.24, 2.45) is 5.41 Å². The number of imidazole rings is 1. The lowest BCUT2D eigenvalue weighted by Gasteiger charge is -2.16. The first kappa shape index (κ1) is 14.7. The van der Waals surface area contributed by atoms with Gasteiger partial charge in [-0.3, -0.25) is 0 Å². The van der Waals surface area contributed by atoms with Gasteiger partial charge in [0.05, 0.1) is 17.8 Å². The standard InChI is InChI=1S/C14H24N4/c1-13(10-18-9-8-16-12-18)17-7-5-4-6-14(2,3)11-15/h8-9,12-13,17H,4-7,10H2,1-3H3. The van der Waals surface area contributed by atoms with Gasteiger partial charge in [-0.25, -0.2) is 4.98 Å². The molecule has 18 heavy (non-hydrogen) atoms. The molecule has 0 aromatic carbocycles. The van der Waals surface area contributed by atoms with Gasteiger partial charge in [-0.15, -0.1) is 0 Å². The van der Waals surface area contributed by atoms with Crippen LogP contribution in [0.25, 0.3) is 0 Å². The van der Waals surface area contributed by atoms with E-state index in [-0.39, 0.29) is 5.41 Å². The summed E-state index contributed by atoms with van der Waals surface area (Å²) in [6, 6.07) is 2.79. The maximum Gasteiger partial charge on any atom is 0.0946 e. The molecule has 0 saturated heterocycles. The molecule has 0 saturated carbocycles. The minimum absolute atomic E-state index is 0.178. The Bertz CT molecular complexity index is 362. The summed E-state index contributed by atoms with van der Waals surface area (Å²) in [6.07, 6.45) is 8.82. The first-order valence-electron chi connectivity index (χ1n) is 6.64. The molecule has 1 unspecified atom stereocenters. The van der Waals surface area contributed by atoms with Crippen molar-refractivity contribution in [1.29, 1.82) is 5.26 Å². The Morgan fingerprint density at radius 2 is 2.22 bits per heavy atom. The topological polar surface area (TPSA) is 53.6 Å². The fraction of sp³-hybridized carbons (Fsp3) is 0.714. The molecule has 0 amide bonds. The highest BCUT2D eigenvalue weighted by atomic mass is 15.1. The molecule has 1 aromatic rings. The molecular formula is C14H24N4. The number of hydrogen-bond donors (Lipinski definition) is 1. The summed E-state index contributed by atoms with van der Waals surface area (Å²) < 4.78 is 2.08. The summed E-state index contributed by atoms with van der Waals surface area (Å²) in [4.78, 5) is 4.03. The molecule has 0 bridgehead atoms. The first-order valence-corrected chi connectivity index (χ1v) is 6.64. The summed E-state index contributed by atoms with van der Waals surface area (Å²) in [7, 11) is 0. The highest BCUT2D eigenvalue weighted by Gasteiger charge is 2.15. The zero-order valence-corrected chi connectivity index (χ0v) is 11.7. The van der Waals surface area contributed by atoms with Crippen molar-refractivity contribution in [3.05, 3.63) is 18.7 Å². The summed E-state index contributed by atoms with van der Waals surface area (Å²) in [5.74, 6) is 0. The van der Waals surface area contributed by atoms with Gasteiger partial charge in [0.2, 0.25) is 0 Å². The smallest absolute Gasteiger partial charge is 0.0946 e. The van der Waals surface area contributed by atoms with Gasteiger partial charge in [0.15, 0.2) is 0 Å². The molecule has 1 aromatic heterocycles. The molecule has 0 aliphatic rings. The number of nitriles is 1. The molecule has 1 N–H and O–H groups in total. The minimum Gasteiger partial charge on any atom is -0.336 e. The second-order valence-electron chi connectivity index (χ2n) is 5.57. The maximum atomic E-state index is 8.91. The van der Waals surface area contributed by atoms with Crippen LogP contribution in [0.3, 0.4) is 0 Å². The predicted octanol–water partition coefficient (Wildman–Crippen LogP) is 2.58. The van der Waals surface area contributed by atoms with Gasteiger partial charge in [0.25, 0.3) is 0 Å². The Morgan fingerprint density at radius 3 is 2.83 bits per heavy atom. The van der Waals surface area contributed by atoms with E-state index in [1.54, 1.807) is 6.20 Å². The second-order valence-corrected chi connectivity index (χ2v) is 5.57. The van der Waals surface area contributed by atoms with Gasteiger partial charge in [-0.2, -0.15) is 5.26 Å². The van der Waals surface area contributed by atoms with E-state index in [2.05, 4.69) is 27.9 Å². The van der Waals surface area contributed by atoms with Gasteiger partial charge >= 0.3 is 0 Å². The number of hydrogen-bond acceptors (Lipinski definition) is 3. The third-order valence-electron chi connectivity index (χ3n) is 3.07. The van der Waals surface area contributed by atoms with Crippen LogP contribution in [0.15, 0.2) is 18.7 Å². The Kier molecular flexibility index (Phi) is 5.87. The molecule has 0 aliphatic heterocycles. The van der Waals surface area contributed by atoms with E-state index in [0.717, 1.165) is 32.4 Å². The van der Waals surface area contributed by atoms with E-state index >= 15 is 0 Å². The van der Waals surface area contributed by atoms with Crippen molar-refractivity contribution in [3.63, 3.8) is 0 Å². The van der Waals surface area contributed by atoms with Crippen LogP contribution in [0.2, 0.25) is 0 Å². The molecular weight excluding hydrogens is 224 g/mol. The number of nitrogens with zero attached hydrogens (tertiary/aromatic N) is 3. The van der Waals surface area contributed by atoms with Crippen LogP contribution in [-0.2, 0) is 6.54 Å². The summed E-state index contributed by atoms with van der Waals surface area (Å²) in [5.41, 5.74) is -0.178. The zero-order chi connectivity index (χ0) is 13.4. The van der Waals surface area contributed by atoms with Crippen molar-refractivity contribution < 1.29 is 0 Å². The molecule has 4 heteroatoms. The molecule has 1 rings (SSSR count). The molecule has 4 nitrogen and oxygen atoms in total. The average Bonchev–Trinajstić information content (AvgIpc) is 2.81. The lowest BCUT2D eigenvalue weighted by Crippen LogP contribution is -2.31. The average molecular weight is 248 g/mol. The SMILES string of the molecule is CC(Cn1ccnc1)NCCCCC(C)(C)C#N. The third-order valence-corrected chi connectivity index (χ3v) is 3.07. The monoisotopic (exact) mass is 248 g/mol. The number of unbranched alkanes of at least 4 members (excludes halogenated alkanes) is 1. The van der Waals surface area contributed by atoms with Crippen molar-refractivity contribution in [3.8, 4) is 6.07 Å². The Hall–Kier alpha value is -1.34. The molecule has 0 fully saturated rings. The van der Waals surface area contributed by atoms with Crippen molar-refractivity contribution >= 4 is 0 Å². The van der Waals surface area contributed by atoms with Gasteiger partial charge < -0.3 is 9.88 Å². The Labute approximate surface area is 110 Å². The molecule has 0 spiro atoms. The van der Waals surface area contributed by atoms with Crippen LogP contribution in [0.5, 0.6) is 0 Å². The fourth-order valence-corrected chi connectivity index (χ4v) is 1.87. The summed E-state index contributed by atoms with van der Waals surface area (Å²) >= 11 is 0. The third kappa shape index (κ3) is 5.83. The second kappa shape index (κ2) is 7.17. The molecule has 1 atom stereocenters. The van der Waals surface area contributed by atoms with Crippen molar-refractivity contribution in [2.75, 3.05) is 6.54 Å². The Balaban J connectivity index is 2.06. The molecule has 1 heterocycles. The highest BCUT2D eigenvalue weighted by molar-refractivity contribution is 4.91. The van der Waals surface area contributed by atoms with E-state index in [1.165, 1.54) is 0 Å². The number of rotatable bonds is 8. The molecule has 100 valence electrons. The summed E-state index contributed by atoms with van der Waals surface area (Å²) in [6.45, 7) is 8.14. The number of aromatic nitrogens is 2. The van der Waals surface area contributed by atoms with E-state index in [9.17, 15) is 0 Å². The largest absolute Gasteiger partial charge is 0.336 e. The lowest BCUT2D eigenvalue weighted by molar-refractivity contribution is 0.409. The predicted molar refractivity (Wildman–Crippen MR) is 72.9 cm³/mol. The van der Waals surface area contributed by atoms with Gasteiger partial charge in [-0.05, 0) is 40.2 Å². The van der Waals surface area contributed by atoms with Gasteiger partial charge in [0, 0.05) is 25.0 Å². The van der Waals surface area contributed by atoms with Crippen LogP contribution in [0, 0.1) is 16.7 Å².